The molecular formula is C23H27N2Si+. The Morgan fingerprint density at radius 1 is 1.00 bits per heavy atom. The highest BCUT2D eigenvalue weighted by molar-refractivity contribution is 7.01. The summed E-state index contributed by atoms with van der Waals surface area (Å²) >= 11 is 0. The third-order valence-electron chi connectivity index (χ3n) is 6.21. The van der Waals surface area contributed by atoms with Gasteiger partial charge in [0.15, 0.2) is 6.20 Å². The molecule has 132 valence electrons. The molecule has 4 rings (SSSR count). The van der Waals surface area contributed by atoms with Crippen LogP contribution in [0.5, 0.6) is 0 Å². The molecule has 0 bridgehead atoms. The molecular weight excluding hydrogens is 332 g/mol. The van der Waals surface area contributed by atoms with Crippen molar-refractivity contribution in [3.05, 3.63) is 71.7 Å². The van der Waals surface area contributed by atoms with Crippen LogP contribution in [0.4, 0.5) is 0 Å². The first-order chi connectivity index (χ1) is 12.2. The van der Waals surface area contributed by atoms with E-state index >= 15 is 0 Å². The van der Waals surface area contributed by atoms with Crippen molar-refractivity contribution in [3.63, 3.8) is 0 Å². The number of nitrogens with zero attached hydrogens (tertiary/aromatic N) is 2. The zero-order chi connectivity index (χ0) is 18.7. The van der Waals surface area contributed by atoms with E-state index in [2.05, 4.69) is 86.9 Å². The van der Waals surface area contributed by atoms with E-state index in [0.29, 0.717) is 0 Å². The SMILES string of the molecule is Cc1cc2c(cc1-c1cncc[n+]1C)[Si](C)(C)c1ccccc1C2(C)C. The van der Waals surface area contributed by atoms with Gasteiger partial charge in [0.2, 0.25) is 5.69 Å². The smallest absolute Gasteiger partial charge is 0.231 e. The Balaban J connectivity index is 2.04. The van der Waals surface area contributed by atoms with Crippen LogP contribution >= 0.6 is 0 Å². The molecule has 1 aliphatic heterocycles. The topological polar surface area (TPSA) is 16.8 Å². The molecule has 0 saturated heterocycles. The van der Waals surface area contributed by atoms with Gasteiger partial charge in [0.25, 0.3) is 0 Å². The quantitative estimate of drug-likeness (QED) is 0.481. The number of hydrogen-bond acceptors (Lipinski definition) is 1. The second-order valence-corrected chi connectivity index (χ2v) is 12.9. The van der Waals surface area contributed by atoms with Crippen molar-refractivity contribution in [2.24, 2.45) is 7.05 Å². The Morgan fingerprint density at radius 3 is 2.46 bits per heavy atom. The number of hydrogen-bond donors (Lipinski definition) is 0. The lowest BCUT2D eigenvalue weighted by molar-refractivity contribution is -0.660. The Bertz CT molecular complexity index is 1020. The molecule has 0 radical (unpaired) electrons. The van der Waals surface area contributed by atoms with Crippen LogP contribution in [-0.4, -0.2) is 13.1 Å². The van der Waals surface area contributed by atoms with Gasteiger partial charge in [-0.2, -0.15) is 4.57 Å². The predicted molar refractivity (Wildman–Crippen MR) is 111 cm³/mol. The van der Waals surface area contributed by atoms with Gasteiger partial charge in [-0.3, -0.25) is 4.98 Å². The maximum atomic E-state index is 4.37. The molecule has 0 unspecified atom stereocenters. The van der Waals surface area contributed by atoms with Crippen molar-refractivity contribution < 1.29 is 4.57 Å². The van der Waals surface area contributed by atoms with Crippen LogP contribution in [0, 0.1) is 6.92 Å². The summed E-state index contributed by atoms with van der Waals surface area (Å²) in [5.41, 5.74) is 6.84. The average molecular weight is 360 g/mol. The third kappa shape index (κ3) is 2.30. The molecule has 0 saturated carbocycles. The first kappa shape index (κ1) is 17.2. The van der Waals surface area contributed by atoms with Crippen molar-refractivity contribution in [3.8, 4) is 11.3 Å². The highest BCUT2D eigenvalue weighted by atomic mass is 28.3. The predicted octanol–water partition coefficient (Wildman–Crippen LogP) is 3.34. The van der Waals surface area contributed by atoms with Crippen LogP contribution in [-0.2, 0) is 12.5 Å². The lowest BCUT2D eigenvalue weighted by Gasteiger charge is -2.43. The standard InChI is InChI=1S/C23H27N2Si/c1-16-13-19-22(14-17(16)20-15-24-11-12-25(20)4)26(5,6)21-10-8-7-9-18(21)23(19,2)3/h7-15H,1-6H3/q+1. The minimum Gasteiger partial charge on any atom is -0.252 e. The maximum Gasteiger partial charge on any atom is 0.231 e. The Morgan fingerprint density at radius 2 is 1.73 bits per heavy atom. The van der Waals surface area contributed by atoms with Gasteiger partial charge >= 0.3 is 0 Å². The van der Waals surface area contributed by atoms with E-state index in [-0.39, 0.29) is 5.41 Å². The minimum absolute atomic E-state index is 0.0366. The molecule has 0 N–H and O–H groups in total. The molecule has 0 amide bonds. The number of benzene rings is 2. The minimum atomic E-state index is -1.75. The van der Waals surface area contributed by atoms with Crippen LogP contribution in [0.3, 0.4) is 0 Å². The molecule has 3 heteroatoms. The van der Waals surface area contributed by atoms with Gasteiger partial charge in [0.1, 0.15) is 15.1 Å². The molecule has 2 nitrogen and oxygen atoms in total. The normalized spacial score (nSPS) is 16.7. The van der Waals surface area contributed by atoms with Crippen LogP contribution in [0.15, 0.2) is 55.0 Å². The van der Waals surface area contributed by atoms with E-state index in [4.69, 9.17) is 0 Å². The first-order valence-corrected chi connectivity index (χ1v) is 12.3. The van der Waals surface area contributed by atoms with Gasteiger partial charge in [0.05, 0.1) is 18.0 Å². The third-order valence-corrected chi connectivity index (χ3v) is 9.76. The molecule has 1 aliphatic rings. The molecule has 0 aliphatic carbocycles. The fraction of sp³-hybridized carbons (Fsp3) is 0.304. The Kier molecular flexibility index (Phi) is 3.71. The number of fused-ring (bicyclic) bond motifs is 2. The Labute approximate surface area is 157 Å². The summed E-state index contributed by atoms with van der Waals surface area (Å²) < 4.78 is 2.16. The number of rotatable bonds is 1. The summed E-state index contributed by atoms with van der Waals surface area (Å²) in [4.78, 5) is 4.37. The lowest BCUT2D eigenvalue weighted by Crippen LogP contribution is -2.62. The summed E-state index contributed by atoms with van der Waals surface area (Å²) in [6.45, 7) is 12.0. The molecule has 1 aromatic heterocycles. The largest absolute Gasteiger partial charge is 0.252 e. The van der Waals surface area contributed by atoms with Crippen molar-refractivity contribution in [1.82, 2.24) is 4.98 Å². The monoisotopic (exact) mass is 359 g/mol. The fourth-order valence-electron chi connectivity index (χ4n) is 4.56. The maximum absolute atomic E-state index is 4.37. The number of aryl methyl sites for hydroxylation is 2. The summed E-state index contributed by atoms with van der Waals surface area (Å²) in [6.07, 6.45) is 5.84. The molecule has 0 spiro atoms. The van der Waals surface area contributed by atoms with E-state index in [1.807, 2.05) is 18.6 Å². The van der Waals surface area contributed by atoms with Crippen molar-refractivity contribution in [1.29, 1.82) is 0 Å². The van der Waals surface area contributed by atoms with E-state index in [1.165, 1.54) is 27.9 Å². The molecule has 2 aromatic carbocycles. The lowest BCUT2D eigenvalue weighted by atomic mass is 9.76. The van der Waals surface area contributed by atoms with Crippen LogP contribution < -0.4 is 14.9 Å². The van der Waals surface area contributed by atoms with Gasteiger partial charge in [-0.15, -0.1) is 0 Å². The van der Waals surface area contributed by atoms with Gasteiger partial charge in [-0.1, -0.05) is 62.5 Å². The van der Waals surface area contributed by atoms with E-state index in [9.17, 15) is 0 Å². The van der Waals surface area contributed by atoms with E-state index in [0.717, 1.165) is 0 Å². The van der Waals surface area contributed by atoms with E-state index in [1.54, 1.807) is 10.4 Å². The zero-order valence-corrected chi connectivity index (χ0v) is 17.6. The van der Waals surface area contributed by atoms with E-state index < -0.39 is 8.07 Å². The highest BCUT2D eigenvalue weighted by Crippen LogP contribution is 2.37. The summed E-state index contributed by atoms with van der Waals surface area (Å²) in [5.74, 6) is 0. The molecule has 0 atom stereocenters. The van der Waals surface area contributed by atoms with Gasteiger partial charge in [0, 0.05) is 5.41 Å². The second-order valence-electron chi connectivity index (χ2n) is 8.58. The van der Waals surface area contributed by atoms with Crippen LogP contribution in [0.1, 0.15) is 30.5 Å². The summed E-state index contributed by atoms with van der Waals surface area (Å²) in [7, 11) is 0.340. The first-order valence-electron chi connectivity index (χ1n) is 9.30. The number of aromatic nitrogens is 2. The van der Waals surface area contributed by atoms with Gasteiger partial charge in [-0.25, -0.2) is 0 Å². The Hall–Kier alpha value is -2.26. The summed E-state index contributed by atoms with van der Waals surface area (Å²) in [5, 5.41) is 3.13. The highest BCUT2D eigenvalue weighted by Gasteiger charge is 2.43. The molecule has 26 heavy (non-hydrogen) atoms. The zero-order valence-electron chi connectivity index (χ0n) is 16.6. The van der Waals surface area contributed by atoms with Crippen LogP contribution in [0.25, 0.3) is 11.3 Å². The van der Waals surface area contributed by atoms with Crippen molar-refractivity contribution >= 4 is 18.4 Å². The van der Waals surface area contributed by atoms with Gasteiger partial charge < -0.3 is 0 Å². The fourth-order valence-corrected chi connectivity index (χ4v) is 8.00. The average Bonchev–Trinajstić information content (AvgIpc) is 2.61. The summed E-state index contributed by atoms with van der Waals surface area (Å²) in [6, 6.07) is 14.0. The molecule has 2 heterocycles. The van der Waals surface area contributed by atoms with Crippen molar-refractivity contribution in [2.75, 3.05) is 0 Å². The van der Waals surface area contributed by atoms with Crippen molar-refractivity contribution in [2.45, 2.75) is 39.3 Å². The van der Waals surface area contributed by atoms with Gasteiger partial charge in [-0.05, 0) is 34.9 Å². The van der Waals surface area contributed by atoms with Crippen LogP contribution in [0.2, 0.25) is 13.1 Å². The molecule has 3 aromatic rings. The second kappa shape index (κ2) is 5.62. The molecule has 0 fully saturated rings.